The lowest BCUT2D eigenvalue weighted by Crippen LogP contribution is -2.13. The fourth-order valence-electron chi connectivity index (χ4n) is 3.48. The molecule has 0 aliphatic heterocycles. The van der Waals surface area contributed by atoms with Crippen LogP contribution in [0, 0.1) is 0 Å². The van der Waals surface area contributed by atoms with E-state index in [4.69, 9.17) is 28.2 Å². The number of halogens is 3. The van der Waals surface area contributed by atoms with Gasteiger partial charge in [-0.05, 0) is 42.5 Å². The number of hydrogen-bond acceptors (Lipinski definition) is 4. The highest BCUT2D eigenvalue weighted by molar-refractivity contribution is 9.10. The van der Waals surface area contributed by atoms with E-state index in [9.17, 15) is 4.79 Å². The summed E-state index contributed by atoms with van der Waals surface area (Å²) in [5.74, 6) is -0.257. The first-order valence-corrected chi connectivity index (χ1v) is 12.3. The highest BCUT2D eigenvalue weighted by Gasteiger charge is 2.16. The smallest absolute Gasteiger partial charge is 0.258 e. The molecule has 5 rings (SSSR count). The average molecular weight is 555 g/mol. The van der Waals surface area contributed by atoms with Gasteiger partial charge in [-0.1, -0.05) is 69.5 Å². The first kappa shape index (κ1) is 22.0. The van der Waals surface area contributed by atoms with Gasteiger partial charge in [0.15, 0.2) is 5.13 Å². The van der Waals surface area contributed by atoms with E-state index in [0.717, 1.165) is 26.5 Å². The molecule has 4 nitrogen and oxygen atoms in total. The number of carbonyl (C=O) groups is 1. The van der Waals surface area contributed by atoms with E-state index in [0.29, 0.717) is 32.1 Å². The molecule has 0 saturated heterocycles. The van der Waals surface area contributed by atoms with Gasteiger partial charge in [0.1, 0.15) is 0 Å². The number of hydrogen-bond donors (Lipinski definition) is 1. The lowest BCUT2D eigenvalue weighted by Gasteiger charge is -2.10. The Balaban J connectivity index is 1.50. The zero-order valence-electron chi connectivity index (χ0n) is 16.9. The van der Waals surface area contributed by atoms with Gasteiger partial charge in [-0.15, -0.1) is 11.3 Å². The minimum atomic E-state index is -0.257. The molecule has 0 radical (unpaired) electrons. The first-order chi connectivity index (χ1) is 16.0. The Morgan fingerprint density at radius 2 is 1.76 bits per heavy atom. The Bertz CT molecular complexity index is 1520. The van der Waals surface area contributed by atoms with Gasteiger partial charge in [0, 0.05) is 31.4 Å². The maximum atomic E-state index is 13.3. The quantitative estimate of drug-likeness (QED) is 0.243. The number of nitrogens with zero attached hydrogens (tertiary/aromatic N) is 2. The molecule has 0 spiro atoms. The van der Waals surface area contributed by atoms with Crippen molar-refractivity contribution in [3.63, 3.8) is 0 Å². The van der Waals surface area contributed by atoms with Crippen molar-refractivity contribution in [2.75, 3.05) is 5.32 Å². The van der Waals surface area contributed by atoms with Crippen LogP contribution < -0.4 is 5.32 Å². The van der Waals surface area contributed by atoms with Gasteiger partial charge in [-0.3, -0.25) is 10.1 Å². The summed E-state index contributed by atoms with van der Waals surface area (Å²) in [4.78, 5) is 22.6. The van der Waals surface area contributed by atoms with Gasteiger partial charge in [-0.2, -0.15) is 0 Å². The predicted molar refractivity (Wildman–Crippen MR) is 140 cm³/mol. The Hall–Kier alpha value is -2.77. The summed E-state index contributed by atoms with van der Waals surface area (Å²) in [7, 11) is 0. The summed E-state index contributed by atoms with van der Waals surface area (Å²) in [5, 5.41) is 7.08. The molecule has 0 unspecified atom stereocenters. The number of anilines is 1. The Labute approximate surface area is 212 Å². The van der Waals surface area contributed by atoms with Crippen molar-refractivity contribution in [3.8, 4) is 22.5 Å². The highest BCUT2D eigenvalue weighted by Crippen LogP contribution is 2.33. The first-order valence-electron chi connectivity index (χ1n) is 9.86. The Kier molecular flexibility index (Phi) is 6.17. The van der Waals surface area contributed by atoms with Gasteiger partial charge in [0.25, 0.3) is 5.91 Å². The minimum absolute atomic E-state index is 0.257. The largest absolute Gasteiger partial charge is 0.298 e. The van der Waals surface area contributed by atoms with Crippen molar-refractivity contribution in [1.82, 2.24) is 9.97 Å². The number of fused-ring (bicyclic) bond motifs is 1. The normalized spacial score (nSPS) is 11.0. The van der Waals surface area contributed by atoms with Gasteiger partial charge in [-0.25, -0.2) is 9.97 Å². The van der Waals surface area contributed by atoms with Crippen LogP contribution in [-0.4, -0.2) is 15.9 Å². The fraction of sp³-hybridized carbons (Fsp3) is 0. The second kappa shape index (κ2) is 9.23. The molecule has 1 amide bonds. The molecule has 33 heavy (non-hydrogen) atoms. The molecule has 2 aromatic heterocycles. The number of aromatic nitrogens is 2. The summed E-state index contributed by atoms with van der Waals surface area (Å²) < 4.78 is 0.942. The Morgan fingerprint density at radius 1 is 0.909 bits per heavy atom. The summed E-state index contributed by atoms with van der Waals surface area (Å²) in [6, 6.07) is 22.5. The lowest BCUT2D eigenvalue weighted by atomic mass is 10.0. The molecule has 1 N–H and O–H groups in total. The van der Waals surface area contributed by atoms with E-state index >= 15 is 0 Å². The SMILES string of the molecule is O=C(Nc1nc(-c2ccc(Cl)cc2Cl)cs1)c1cc(-c2cccc(Br)c2)nc2ccccc12. The molecular weight excluding hydrogens is 541 g/mol. The number of pyridine rings is 1. The van der Waals surface area contributed by atoms with E-state index in [1.807, 2.05) is 66.0 Å². The van der Waals surface area contributed by atoms with Crippen LogP contribution in [0.4, 0.5) is 5.13 Å². The molecule has 3 aromatic carbocycles. The second-order valence-electron chi connectivity index (χ2n) is 7.20. The monoisotopic (exact) mass is 553 g/mol. The molecule has 5 aromatic rings. The number of nitrogens with one attached hydrogen (secondary N) is 1. The van der Waals surface area contributed by atoms with Gasteiger partial charge in [0.2, 0.25) is 0 Å². The molecular formula is C25H14BrCl2N3OS. The third-order valence-electron chi connectivity index (χ3n) is 5.01. The van der Waals surface area contributed by atoms with Crippen molar-refractivity contribution in [3.05, 3.63) is 98.3 Å². The van der Waals surface area contributed by atoms with E-state index < -0.39 is 0 Å². The average Bonchev–Trinajstić information content (AvgIpc) is 3.26. The third kappa shape index (κ3) is 4.66. The Morgan fingerprint density at radius 3 is 2.58 bits per heavy atom. The molecule has 0 aliphatic rings. The van der Waals surface area contributed by atoms with E-state index in [-0.39, 0.29) is 5.91 Å². The van der Waals surface area contributed by atoms with Crippen molar-refractivity contribution in [1.29, 1.82) is 0 Å². The number of para-hydroxylation sites is 1. The minimum Gasteiger partial charge on any atom is -0.298 e. The van der Waals surface area contributed by atoms with Crippen LogP contribution in [0.3, 0.4) is 0 Å². The van der Waals surface area contributed by atoms with Crippen molar-refractivity contribution in [2.45, 2.75) is 0 Å². The van der Waals surface area contributed by atoms with Crippen LogP contribution in [0.15, 0.2) is 82.6 Å². The van der Waals surface area contributed by atoms with E-state index in [1.165, 1.54) is 11.3 Å². The summed E-state index contributed by atoms with van der Waals surface area (Å²) >= 11 is 17.1. The van der Waals surface area contributed by atoms with Crippen LogP contribution in [0.1, 0.15) is 10.4 Å². The molecule has 0 saturated carbocycles. The van der Waals surface area contributed by atoms with Gasteiger partial charge >= 0.3 is 0 Å². The number of amides is 1. The highest BCUT2D eigenvalue weighted by atomic mass is 79.9. The number of thiazole rings is 1. The standard InChI is InChI=1S/C25H14BrCl2N3OS/c26-15-5-3-4-14(10-15)22-12-19(17-6-1-2-7-21(17)29-22)24(32)31-25-30-23(13-33-25)18-9-8-16(27)11-20(18)28/h1-13H,(H,30,31,32). The van der Waals surface area contributed by atoms with Crippen molar-refractivity contribution in [2.24, 2.45) is 0 Å². The van der Waals surface area contributed by atoms with Crippen LogP contribution >= 0.6 is 50.5 Å². The second-order valence-corrected chi connectivity index (χ2v) is 9.82. The van der Waals surface area contributed by atoms with Crippen LogP contribution in [-0.2, 0) is 0 Å². The third-order valence-corrected chi connectivity index (χ3v) is 6.81. The maximum Gasteiger partial charge on any atom is 0.258 e. The summed E-state index contributed by atoms with van der Waals surface area (Å²) in [6.45, 7) is 0. The number of carbonyl (C=O) groups excluding carboxylic acids is 1. The molecule has 2 heterocycles. The lowest BCUT2D eigenvalue weighted by molar-refractivity contribution is 0.102. The van der Waals surface area contributed by atoms with E-state index in [1.54, 1.807) is 12.1 Å². The molecule has 0 aliphatic carbocycles. The van der Waals surface area contributed by atoms with Crippen molar-refractivity contribution >= 4 is 72.4 Å². The summed E-state index contributed by atoms with van der Waals surface area (Å²) in [6.07, 6.45) is 0. The fourth-order valence-corrected chi connectivity index (χ4v) is 5.09. The predicted octanol–water partition coefficient (Wildman–Crippen LogP) is 8.35. The zero-order chi connectivity index (χ0) is 22.9. The van der Waals surface area contributed by atoms with E-state index in [2.05, 4.69) is 26.2 Å². The maximum absolute atomic E-state index is 13.3. The summed E-state index contributed by atoms with van der Waals surface area (Å²) in [5.41, 5.74) is 4.33. The van der Waals surface area contributed by atoms with Crippen molar-refractivity contribution < 1.29 is 4.79 Å². The molecule has 0 bridgehead atoms. The number of rotatable bonds is 4. The van der Waals surface area contributed by atoms with Crippen LogP contribution in [0.25, 0.3) is 33.4 Å². The van der Waals surface area contributed by atoms with Gasteiger partial charge in [0.05, 0.1) is 27.5 Å². The molecule has 162 valence electrons. The molecule has 0 atom stereocenters. The van der Waals surface area contributed by atoms with Crippen LogP contribution in [0.2, 0.25) is 10.0 Å². The zero-order valence-corrected chi connectivity index (χ0v) is 20.8. The molecule has 0 fully saturated rings. The van der Waals surface area contributed by atoms with Gasteiger partial charge < -0.3 is 0 Å². The number of benzene rings is 3. The molecule has 8 heteroatoms. The topological polar surface area (TPSA) is 54.9 Å². The van der Waals surface area contributed by atoms with Crippen LogP contribution in [0.5, 0.6) is 0 Å².